The van der Waals surface area contributed by atoms with Gasteiger partial charge in [-0.3, -0.25) is 14.4 Å². The number of carbonyl (C=O) groups is 3. The van der Waals surface area contributed by atoms with Gasteiger partial charge >= 0.3 is 0 Å². The SMILES string of the molecule is NC(=O)C1CCN(C(=O)c2ccccc2NC(=O)c2cc3c(s2)-c2ccccc2OC3)CC1. The predicted molar refractivity (Wildman–Crippen MR) is 126 cm³/mol. The van der Waals surface area contributed by atoms with Crippen LogP contribution in [0.25, 0.3) is 10.4 Å². The minimum atomic E-state index is -0.318. The van der Waals surface area contributed by atoms with Crippen molar-refractivity contribution in [3.63, 3.8) is 0 Å². The number of hydrogen-bond donors (Lipinski definition) is 2. The first kappa shape index (κ1) is 21.2. The van der Waals surface area contributed by atoms with Crippen LogP contribution in [0.2, 0.25) is 0 Å². The second kappa shape index (κ2) is 8.71. The van der Waals surface area contributed by atoms with Crippen LogP contribution in [0.3, 0.4) is 0 Å². The van der Waals surface area contributed by atoms with E-state index in [1.807, 2.05) is 30.3 Å². The van der Waals surface area contributed by atoms with Crippen molar-refractivity contribution in [3.8, 4) is 16.2 Å². The Morgan fingerprint density at radius 2 is 1.76 bits per heavy atom. The van der Waals surface area contributed by atoms with Crippen LogP contribution < -0.4 is 15.8 Å². The van der Waals surface area contributed by atoms with Gasteiger partial charge in [0, 0.05) is 35.0 Å². The second-order valence-corrected chi connectivity index (χ2v) is 9.27. The molecular weight excluding hydrogens is 438 g/mol. The first-order valence-corrected chi connectivity index (χ1v) is 11.7. The molecule has 0 spiro atoms. The molecule has 2 aromatic carbocycles. The van der Waals surface area contributed by atoms with E-state index >= 15 is 0 Å². The van der Waals surface area contributed by atoms with E-state index in [1.165, 1.54) is 11.3 Å². The number of benzene rings is 2. The summed E-state index contributed by atoms with van der Waals surface area (Å²) in [5.41, 5.74) is 8.26. The lowest BCUT2D eigenvalue weighted by Gasteiger charge is -2.31. The van der Waals surface area contributed by atoms with Gasteiger partial charge in [0.25, 0.3) is 11.8 Å². The molecule has 0 saturated carbocycles. The normalized spacial score (nSPS) is 15.2. The number of nitrogens with zero attached hydrogens (tertiary/aromatic N) is 1. The number of ether oxygens (including phenoxy) is 1. The summed E-state index contributed by atoms with van der Waals surface area (Å²) < 4.78 is 5.80. The molecule has 0 bridgehead atoms. The summed E-state index contributed by atoms with van der Waals surface area (Å²) >= 11 is 1.42. The van der Waals surface area contributed by atoms with E-state index in [0.29, 0.717) is 48.7 Å². The molecule has 2 aliphatic rings. The third-order valence-electron chi connectivity index (χ3n) is 6.14. The number of hydrogen-bond acceptors (Lipinski definition) is 5. The molecule has 7 nitrogen and oxygen atoms in total. The van der Waals surface area contributed by atoms with E-state index < -0.39 is 0 Å². The lowest BCUT2D eigenvalue weighted by molar-refractivity contribution is -0.123. The van der Waals surface area contributed by atoms with Gasteiger partial charge < -0.3 is 20.7 Å². The summed E-state index contributed by atoms with van der Waals surface area (Å²) in [4.78, 5) is 41.0. The van der Waals surface area contributed by atoms with Crippen LogP contribution >= 0.6 is 11.3 Å². The van der Waals surface area contributed by atoms with E-state index in [2.05, 4.69) is 5.32 Å². The summed E-state index contributed by atoms with van der Waals surface area (Å²) in [6.07, 6.45) is 1.11. The molecule has 3 aromatic rings. The summed E-state index contributed by atoms with van der Waals surface area (Å²) in [7, 11) is 0. The molecule has 1 aromatic heterocycles. The molecule has 0 unspecified atom stereocenters. The van der Waals surface area contributed by atoms with Gasteiger partial charge in [0.05, 0.1) is 16.1 Å². The van der Waals surface area contributed by atoms with Crippen LogP contribution in [-0.2, 0) is 11.4 Å². The van der Waals surface area contributed by atoms with E-state index in [9.17, 15) is 14.4 Å². The molecule has 0 radical (unpaired) electrons. The molecule has 1 fully saturated rings. The molecule has 1 saturated heterocycles. The Labute approximate surface area is 195 Å². The smallest absolute Gasteiger partial charge is 0.265 e. The van der Waals surface area contributed by atoms with Gasteiger partial charge in [-0.1, -0.05) is 24.3 Å². The van der Waals surface area contributed by atoms with Gasteiger partial charge in [-0.05, 0) is 43.2 Å². The van der Waals surface area contributed by atoms with Gasteiger partial charge in [0.1, 0.15) is 12.4 Å². The number of amides is 3. The summed E-state index contributed by atoms with van der Waals surface area (Å²) in [5, 5.41) is 2.92. The number of fused-ring (bicyclic) bond motifs is 3. The highest BCUT2D eigenvalue weighted by molar-refractivity contribution is 7.17. The quantitative estimate of drug-likeness (QED) is 0.615. The van der Waals surface area contributed by atoms with Crippen molar-refractivity contribution in [2.45, 2.75) is 19.4 Å². The van der Waals surface area contributed by atoms with Gasteiger partial charge in [-0.25, -0.2) is 0 Å². The fraction of sp³-hybridized carbons (Fsp3) is 0.240. The van der Waals surface area contributed by atoms with Crippen LogP contribution in [0.5, 0.6) is 5.75 Å². The van der Waals surface area contributed by atoms with Crippen LogP contribution in [0.1, 0.15) is 38.4 Å². The number of anilines is 1. The highest BCUT2D eigenvalue weighted by Gasteiger charge is 2.28. The molecule has 0 atom stereocenters. The zero-order valence-corrected chi connectivity index (χ0v) is 18.7. The van der Waals surface area contributed by atoms with Crippen molar-refractivity contribution >= 4 is 34.7 Å². The van der Waals surface area contributed by atoms with Crippen LogP contribution in [0, 0.1) is 5.92 Å². The van der Waals surface area contributed by atoms with Crippen molar-refractivity contribution in [1.29, 1.82) is 0 Å². The lowest BCUT2D eigenvalue weighted by Crippen LogP contribution is -2.42. The van der Waals surface area contributed by atoms with Crippen molar-refractivity contribution < 1.29 is 19.1 Å². The molecule has 33 heavy (non-hydrogen) atoms. The largest absolute Gasteiger partial charge is 0.488 e. The maximum absolute atomic E-state index is 13.2. The number of para-hydroxylation sites is 2. The third-order valence-corrected chi connectivity index (χ3v) is 7.35. The number of nitrogens with one attached hydrogen (secondary N) is 1. The fourth-order valence-corrected chi connectivity index (χ4v) is 5.40. The van der Waals surface area contributed by atoms with Gasteiger partial charge in [-0.15, -0.1) is 11.3 Å². The van der Waals surface area contributed by atoms with Gasteiger partial charge in [0.2, 0.25) is 5.91 Å². The van der Waals surface area contributed by atoms with E-state index in [-0.39, 0.29) is 23.6 Å². The molecule has 168 valence electrons. The third kappa shape index (κ3) is 4.09. The molecule has 5 rings (SSSR count). The minimum absolute atomic E-state index is 0.165. The average molecular weight is 462 g/mol. The number of nitrogens with two attached hydrogens (primary N) is 1. The summed E-state index contributed by atoms with van der Waals surface area (Å²) in [6.45, 7) is 1.35. The van der Waals surface area contributed by atoms with Crippen molar-refractivity contribution in [2.75, 3.05) is 18.4 Å². The van der Waals surface area contributed by atoms with Crippen LogP contribution in [-0.4, -0.2) is 35.7 Å². The van der Waals surface area contributed by atoms with Crippen molar-refractivity contribution in [3.05, 3.63) is 70.6 Å². The van der Waals surface area contributed by atoms with Gasteiger partial charge in [0.15, 0.2) is 0 Å². The average Bonchev–Trinajstić information content (AvgIpc) is 3.29. The maximum atomic E-state index is 13.2. The zero-order valence-electron chi connectivity index (χ0n) is 17.9. The van der Waals surface area contributed by atoms with Crippen molar-refractivity contribution in [1.82, 2.24) is 4.90 Å². The Morgan fingerprint density at radius 3 is 2.55 bits per heavy atom. The molecule has 2 aliphatic heterocycles. The predicted octanol–water partition coefficient (Wildman–Crippen LogP) is 3.90. The highest BCUT2D eigenvalue weighted by Crippen LogP contribution is 2.42. The Kier molecular flexibility index (Phi) is 5.60. The molecule has 3 amide bonds. The lowest BCUT2D eigenvalue weighted by atomic mass is 9.95. The van der Waals surface area contributed by atoms with E-state index in [1.54, 1.807) is 29.2 Å². The topological polar surface area (TPSA) is 102 Å². The number of piperidine rings is 1. The maximum Gasteiger partial charge on any atom is 0.265 e. The summed E-state index contributed by atoms with van der Waals surface area (Å²) in [6, 6.07) is 16.6. The number of likely N-dealkylation sites (tertiary alicyclic amines) is 1. The second-order valence-electron chi connectivity index (χ2n) is 8.22. The Balaban J connectivity index is 1.34. The Morgan fingerprint density at radius 1 is 1.03 bits per heavy atom. The molecular formula is C25H23N3O4S. The van der Waals surface area contributed by atoms with Crippen LogP contribution in [0.15, 0.2) is 54.6 Å². The highest BCUT2D eigenvalue weighted by atomic mass is 32.1. The number of thiophene rings is 1. The molecule has 8 heteroatoms. The molecule has 3 N–H and O–H groups in total. The number of carbonyl (C=O) groups excluding carboxylic acids is 3. The minimum Gasteiger partial charge on any atom is -0.488 e. The molecule has 3 heterocycles. The Hall–Kier alpha value is -3.65. The number of primary amides is 1. The van der Waals surface area contributed by atoms with Crippen LogP contribution in [0.4, 0.5) is 5.69 Å². The van der Waals surface area contributed by atoms with Crippen molar-refractivity contribution in [2.24, 2.45) is 11.7 Å². The van der Waals surface area contributed by atoms with E-state index in [0.717, 1.165) is 21.8 Å². The standard InChI is InChI=1S/C25H23N3O4S/c26-23(29)15-9-11-28(12-10-15)25(31)17-5-1-3-7-19(17)27-24(30)21-13-16-14-32-20-8-4-2-6-18(20)22(16)33-21/h1-8,13,15H,9-12,14H2,(H2,26,29)(H,27,30). The van der Waals surface area contributed by atoms with Gasteiger partial charge in [-0.2, -0.15) is 0 Å². The van der Waals surface area contributed by atoms with E-state index in [4.69, 9.17) is 10.5 Å². The first-order valence-electron chi connectivity index (χ1n) is 10.8. The fourth-order valence-electron chi connectivity index (χ4n) is 4.31. The monoisotopic (exact) mass is 461 g/mol. The zero-order chi connectivity index (χ0) is 22.9. The Bertz CT molecular complexity index is 1240. The first-order chi connectivity index (χ1) is 16.0. The number of rotatable bonds is 4. The summed E-state index contributed by atoms with van der Waals surface area (Å²) in [5.74, 6) is -0.125. The molecule has 0 aliphatic carbocycles.